The van der Waals surface area contributed by atoms with Crippen LogP contribution in [0.15, 0.2) is 60.7 Å². The van der Waals surface area contributed by atoms with Crippen molar-refractivity contribution in [3.05, 3.63) is 71.8 Å². The van der Waals surface area contributed by atoms with Gasteiger partial charge in [-0.1, -0.05) is 60.7 Å². The molecule has 2 aliphatic rings. The van der Waals surface area contributed by atoms with Gasteiger partial charge in [-0.3, -0.25) is 9.59 Å². The minimum Gasteiger partial charge on any atom is -0.378 e. The molecule has 5 nitrogen and oxygen atoms in total. The summed E-state index contributed by atoms with van der Waals surface area (Å²) in [5, 5.41) is 0. The maximum Gasteiger partial charge on any atom is 0.234 e. The first-order valence-corrected chi connectivity index (χ1v) is 10.5. The van der Waals surface area contributed by atoms with Crippen molar-refractivity contribution < 1.29 is 14.3 Å². The number of rotatable bonds is 4. The molecule has 0 spiro atoms. The van der Waals surface area contributed by atoms with Crippen LogP contribution in [0.3, 0.4) is 0 Å². The number of likely N-dealkylation sites (tertiary alicyclic amines) is 1. The zero-order valence-corrected chi connectivity index (χ0v) is 16.7. The van der Waals surface area contributed by atoms with Gasteiger partial charge in [-0.2, -0.15) is 0 Å². The van der Waals surface area contributed by atoms with Crippen LogP contribution >= 0.6 is 0 Å². The van der Waals surface area contributed by atoms with Gasteiger partial charge in [0.15, 0.2) is 0 Å². The lowest BCUT2D eigenvalue weighted by Gasteiger charge is -2.37. The first kappa shape index (κ1) is 19.6. The van der Waals surface area contributed by atoms with Crippen LogP contribution in [0.2, 0.25) is 0 Å². The van der Waals surface area contributed by atoms with E-state index in [1.165, 1.54) is 0 Å². The topological polar surface area (TPSA) is 49.9 Å². The molecule has 2 aromatic carbocycles. The summed E-state index contributed by atoms with van der Waals surface area (Å²) in [4.78, 5) is 30.1. The molecule has 0 bridgehead atoms. The molecule has 0 atom stereocenters. The Bertz CT molecular complexity index is 771. The number of carbonyl (C=O) groups is 2. The second-order valence-electron chi connectivity index (χ2n) is 7.79. The highest BCUT2D eigenvalue weighted by atomic mass is 16.5. The third-order valence-electron chi connectivity index (χ3n) is 5.99. The smallest absolute Gasteiger partial charge is 0.234 e. The van der Waals surface area contributed by atoms with Crippen molar-refractivity contribution in [2.45, 2.75) is 18.8 Å². The Morgan fingerprint density at radius 1 is 0.759 bits per heavy atom. The van der Waals surface area contributed by atoms with Gasteiger partial charge < -0.3 is 14.5 Å². The fraction of sp³-hybridized carbons (Fsp3) is 0.417. The molecule has 2 fully saturated rings. The molecular formula is C24H28N2O3. The van der Waals surface area contributed by atoms with E-state index < -0.39 is 0 Å². The Kier molecular flexibility index (Phi) is 6.25. The van der Waals surface area contributed by atoms with Crippen LogP contribution in [-0.2, 0) is 14.3 Å². The molecule has 2 amide bonds. The molecule has 0 radical (unpaired) electrons. The van der Waals surface area contributed by atoms with Crippen molar-refractivity contribution in [2.24, 2.45) is 5.92 Å². The standard InChI is InChI=1S/C24H28N2O3/c27-23(26-15-17-29-18-16-26)21-11-13-25(14-12-21)24(28)22(19-7-3-1-4-8-19)20-9-5-2-6-10-20/h1-10,21-22H,11-18H2. The van der Waals surface area contributed by atoms with Gasteiger partial charge in [0.1, 0.15) is 0 Å². The molecule has 2 heterocycles. The zero-order chi connectivity index (χ0) is 20.1. The van der Waals surface area contributed by atoms with Crippen LogP contribution in [0, 0.1) is 5.92 Å². The van der Waals surface area contributed by atoms with Crippen LogP contribution in [0.5, 0.6) is 0 Å². The summed E-state index contributed by atoms with van der Waals surface area (Å²) in [5.41, 5.74) is 2.02. The van der Waals surface area contributed by atoms with Gasteiger partial charge in [-0.05, 0) is 24.0 Å². The Morgan fingerprint density at radius 3 is 1.79 bits per heavy atom. The van der Waals surface area contributed by atoms with E-state index in [1.54, 1.807) is 0 Å². The third kappa shape index (κ3) is 4.51. The van der Waals surface area contributed by atoms with Gasteiger partial charge in [0.2, 0.25) is 11.8 Å². The Labute approximate surface area is 172 Å². The molecule has 4 rings (SSSR count). The van der Waals surface area contributed by atoms with Crippen LogP contribution in [0.25, 0.3) is 0 Å². The van der Waals surface area contributed by atoms with Crippen molar-refractivity contribution >= 4 is 11.8 Å². The van der Waals surface area contributed by atoms with Crippen molar-refractivity contribution in [3.63, 3.8) is 0 Å². The van der Waals surface area contributed by atoms with E-state index in [-0.39, 0.29) is 23.7 Å². The fourth-order valence-corrected chi connectivity index (χ4v) is 4.34. The van der Waals surface area contributed by atoms with Crippen LogP contribution in [0.4, 0.5) is 0 Å². The lowest BCUT2D eigenvalue weighted by molar-refractivity contribution is -0.144. The number of piperidine rings is 1. The lowest BCUT2D eigenvalue weighted by Crippen LogP contribution is -2.48. The van der Waals surface area contributed by atoms with E-state index in [4.69, 9.17) is 4.74 Å². The predicted octanol–water partition coefficient (Wildman–Crippen LogP) is 2.92. The highest BCUT2D eigenvalue weighted by Crippen LogP contribution is 2.29. The van der Waals surface area contributed by atoms with Gasteiger partial charge in [0, 0.05) is 32.1 Å². The number of ether oxygens (including phenoxy) is 1. The molecule has 0 aliphatic carbocycles. The molecule has 0 saturated carbocycles. The molecule has 2 aromatic rings. The first-order chi connectivity index (χ1) is 14.2. The van der Waals surface area contributed by atoms with E-state index >= 15 is 0 Å². The predicted molar refractivity (Wildman–Crippen MR) is 111 cm³/mol. The number of hydrogen-bond donors (Lipinski definition) is 0. The summed E-state index contributed by atoms with van der Waals surface area (Å²) >= 11 is 0. The lowest BCUT2D eigenvalue weighted by atomic mass is 9.88. The molecule has 29 heavy (non-hydrogen) atoms. The van der Waals surface area contributed by atoms with Crippen molar-refractivity contribution in [3.8, 4) is 0 Å². The molecule has 0 aromatic heterocycles. The van der Waals surface area contributed by atoms with Gasteiger partial charge >= 0.3 is 0 Å². The number of nitrogens with zero attached hydrogens (tertiary/aromatic N) is 2. The molecule has 0 unspecified atom stereocenters. The minimum absolute atomic E-state index is 0.0176. The fourth-order valence-electron chi connectivity index (χ4n) is 4.34. The van der Waals surface area contributed by atoms with E-state index in [1.807, 2.05) is 70.5 Å². The van der Waals surface area contributed by atoms with E-state index in [9.17, 15) is 9.59 Å². The number of amides is 2. The SMILES string of the molecule is O=C(C1CCN(C(=O)C(c2ccccc2)c2ccccc2)CC1)N1CCOCC1. The zero-order valence-electron chi connectivity index (χ0n) is 16.7. The highest BCUT2D eigenvalue weighted by molar-refractivity contribution is 5.87. The second kappa shape index (κ2) is 9.23. The van der Waals surface area contributed by atoms with Gasteiger partial charge in [-0.15, -0.1) is 0 Å². The van der Waals surface area contributed by atoms with Crippen molar-refractivity contribution in [2.75, 3.05) is 39.4 Å². The Morgan fingerprint density at radius 2 is 1.28 bits per heavy atom. The number of hydrogen-bond acceptors (Lipinski definition) is 3. The van der Waals surface area contributed by atoms with Crippen molar-refractivity contribution in [1.29, 1.82) is 0 Å². The van der Waals surface area contributed by atoms with E-state index in [0.29, 0.717) is 39.4 Å². The molecule has 0 N–H and O–H groups in total. The quantitative estimate of drug-likeness (QED) is 0.804. The third-order valence-corrected chi connectivity index (χ3v) is 5.99. The largest absolute Gasteiger partial charge is 0.378 e. The van der Waals surface area contributed by atoms with Crippen LogP contribution in [0.1, 0.15) is 29.9 Å². The van der Waals surface area contributed by atoms with E-state index in [0.717, 1.165) is 24.0 Å². The van der Waals surface area contributed by atoms with Crippen molar-refractivity contribution in [1.82, 2.24) is 9.80 Å². The maximum absolute atomic E-state index is 13.5. The maximum atomic E-state index is 13.5. The molecule has 2 aliphatic heterocycles. The van der Waals surface area contributed by atoms with Gasteiger partial charge in [-0.25, -0.2) is 0 Å². The molecule has 152 valence electrons. The monoisotopic (exact) mass is 392 g/mol. The van der Waals surface area contributed by atoms with Gasteiger partial charge in [0.05, 0.1) is 19.1 Å². The average Bonchev–Trinajstić information content (AvgIpc) is 2.81. The Hall–Kier alpha value is -2.66. The van der Waals surface area contributed by atoms with Crippen LogP contribution < -0.4 is 0 Å². The molecule has 2 saturated heterocycles. The summed E-state index contributed by atoms with van der Waals surface area (Å²) in [6.07, 6.45) is 1.47. The Balaban J connectivity index is 1.45. The van der Waals surface area contributed by atoms with Gasteiger partial charge in [0.25, 0.3) is 0 Å². The second-order valence-corrected chi connectivity index (χ2v) is 7.79. The number of morpholine rings is 1. The summed E-state index contributed by atoms with van der Waals surface area (Å²) in [6, 6.07) is 19.9. The molecule has 5 heteroatoms. The summed E-state index contributed by atoms with van der Waals surface area (Å²) < 4.78 is 5.35. The van der Waals surface area contributed by atoms with Crippen LogP contribution in [-0.4, -0.2) is 61.0 Å². The summed E-state index contributed by atoms with van der Waals surface area (Å²) in [7, 11) is 0. The normalized spacial score (nSPS) is 18.1. The highest BCUT2D eigenvalue weighted by Gasteiger charge is 2.34. The summed E-state index contributed by atoms with van der Waals surface area (Å²) in [6.45, 7) is 3.88. The summed E-state index contributed by atoms with van der Waals surface area (Å²) in [5.74, 6) is 0.0654. The number of carbonyl (C=O) groups excluding carboxylic acids is 2. The average molecular weight is 392 g/mol. The molecular weight excluding hydrogens is 364 g/mol. The number of benzene rings is 2. The minimum atomic E-state index is -0.302. The van der Waals surface area contributed by atoms with E-state index in [2.05, 4.69) is 0 Å². The first-order valence-electron chi connectivity index (χ1n) is 10.5.